The first kappa shape index (κ1) is 25.0. The molecular formula is C29H34N10. The van der Waals surface area contributed by atoms with Crippen molar-refractivity contribution in [3.8, 4) is 0 Å². The Bertz CT molecular complexity index is 1380. The van der Waals surface area contributed by atoms with Crippen molar-refractivity contribution in [2.24, 2.45) is 0 Å². The summed E-state index contributed by atoms with van der Waals surface area (Å²) >= 11 is 0. The molecule has 0 atom stereocenters. The van der Waals surface area contributed by atoms with E-state index in [1.165, 1.54) is 11.1 Å². The van der Waals surface area contributed by atoms with Crippen LogP contribution in [0.25, 0.3) is 0 Å². The van der Waals surface area contributed by atoms with Crippen molar-refractivity contribution in [2.75, 3.05) is 60.9 Å². The Balaban J connectivity index is 1.04. The topological polar surface area (TPSA) is 88.6 Å². The summed E-state index contributed by atoms with van der Waals surface area (Å²) in [5, 5.41) is 7.25. The first-order chi connectivity index (χ1) is 19.1. The van der Waals surface area contributed by atoms with Crippen LogP contribution in [0.15, 0.2) is 61.2 Å². The molecule has 0 unspecified atom stereocenters. The van der Waals surface area contributed by atoms with E-state index in [9.17, 15) is 0 Å². The highest BCUT2D eigenvalue weighted by molar-refractivity contribution is 5.91. The minimum atomic E-state index is 0.779. The number of aromatic nitrogens is 4. The number of nitrogens with zero attached hydrogens (tertiary/aromatic N) is 8. The molecule has 0 bridgehead atoms. The Morgan fingerprint density at radius 1 is 0.538 bits per heavy atom. The third-order valence-corrected chi connectivity index (χ3v) is 7.51. The van der Waals surface area contributed by atoms with Crippen LogP contribution in [-0.2, 0) is 13.1 Å². The van der Waals surface area contributed by atoms with Crippen LogP contribution < -0.4 is 30.2 Å². The van der Waals surface area contributed by atoms with Gasteiger partial charge in [0, 0.05) is 66.1 Å². The third-order valence-electron chi connectivity index (χ3n) is 7.51. The summed E-state index contributed by atoms with van der Waals surface area (Å²) < 4.78 is 0. The fraction of sp³-hybridized carbons (Fsp3) is 0.310. The lowest BCUT2D eigenvalue weighted by Gasteiger charge is -2.35. The molecule has 0 fully saturated rings. The van der Waals surface area contributed by atoms with Crippen molar-refractivity contribution < 1.29 is 0 Å². The van der Waals surface area contributed by atoms with Crippen molar-refractivity contribution in [1.82, 2.24) is 30.6 Å². The molecule has 6 heterocycles. The van der Waals surface area contributed by atoms with Crippen molar-refractivity contribution >= 4 is 46.0 Å². The minimum Gasteiger partial charge on any atom is -0.338 e. The van der Waals surface area contributed by atoms with E-state index < -0.39 is 0 Å². The van der Waals surface area contributed by atoms with Gasteiger partial charge in [0.1, 0.15) is 0 Å². The van der Waals surface area contributed by atoms with E-state index in [1.807, 2.05) is 51.0 Å². The van der Waals surface area contributed by atoms with Crippen molar-refractivity contribution in [3.63, 3.8) is 0 Å². The van der Waals surface area contributed by atoms with Gasteiger partial charge in [-0.3, -0.25) is 0 Å². The van der Waals surface area contributed by atoms with E-state index in [-0.39, 0.29) is 0 Å². The zero-order valence-electron chi connectivity index (χ0n) is 22.9. The molecule has 0 radical (unpaired) electrons. The zero-order chi connectivity index (χ0) is 26.9. The predicted octanol–water partition coefficient (Wildman–Crippen LogP) is 4.23. The van der Waals surface area contributed by atoms with Gasteiger partial charge < -0.3 is 30.2 Å². The number of pyridine rings is 4. The fourth-order valence-corrected chi connectivity index (χ4v) is 5.51. The maximum absolute atomic E-state index is 4.65. The number of hydrogen-bond donors (Lipinski definition) is 2. The van der Waals surface area contributed by atoms with Crippen LogP contribution in [-0.4, -0.2) is 61.2 Å². The van der Waals surface area contributed by atoms with Crippen LogP contribution in [0.1, 0.15) is 17.5 Å². The molecule has 0 aliphatic carbocycles. The first-order valence-electron chi connectivity index (χ1n) is 13.3. The number of nitrogens with one attached hydrogen (secondary N) is 2. The SMILES string of the molecule is CN1c2ncccc2N(C)c2c(CNCCCNCc3ccnc4c3N(C)c3cccnc3N4C)ccnc21. The molecule has 0 saturated heterocycles. The normalized spacial score (nSPS) is 13.6. The van der Waals surface area contributed by atoms with E-state index >= 15 is 0 Å². The standard InChI is InChI=1S/C29H34N10/c1-36-22-8-5-14-32-26(22)38(3)28-24(36)20(10-16-34-28)18-30-12-7-13-31-19-21-11-17-35-29-25(21)37(2)23-9-6-15-33-27(23)39(29)4/h5-6,8-11,14-17,30-31H,7,12-13,18-19H2,1-4H3. The molecule has 10 heteroatoms. The highest BCUT2D eigenvalue weighted by atomic mass is 15.3. The van der Waals surface area contributed by atoms with Gasteiger partial charge in [0.2, 0.25) is 0 Å². The second-order valence-corrected chi connectivity index (χ2v) is 9.92. The maximum atomic E-state index is 4.65. The summed E-state index contributed by atoms with van der Waals surface area (Å²) in [5.74, 6) is 3.70. The van der Waals surface area contributed by atoms with E-state index in [0.29, 0.717) is 0 Å². The van der Waals surface area contributed by atoms with Gasteiger partial charge in [-0.15, -0.1) is 0 Å². The summed E-state index contributed by atoms with van der Waals surface area (Å²) in [6.07, 6.45) is 8.43. The summed E-state index contributed by atoms with van der Waals surface area (Å²) in [6, 6.07) is 12.4. The van der Waals surface area contributed by atoms with Gasteiger partial charge in [-0.05, 0) is 67.0 Å². The van der Waals surface area contributed by atoms with Crippen LogP contribution in [0, 0.1) is 0 Å². The molecule has 0 saturated carbocycles. The zero-order valence-corrected chi connectivity index (χ0v) is 22.9. The lowest BCUT2D eigenvalue weighted by molar-refractivity contribution is 0.595. The second-order valence-electron chi connectivity index (χ2n) is 9.92. The highest BCUT2D eigenvalue weighted by Crippen LogP contribution is 2.46. The average molecular weight is 523 g/mol. The van der Waals surface area contributed by atoms with E-state index in [2.05, 4.69) is 88.5 Å². The molecule has 2 aliphatic heterocycles. The summed E-state index contributed by atoms with van der Waals surface area (Å²) in [4.78, 5) is 27.0. The largest absolute Gasteiger partial charge is 0.338 e. The van der Waals surface area contributed by atoms with Crippen LogP contribution >= 0.6 is 0 Å². The van der Waals surface area contributed by atoms with Crippen LogP contribution in [0.4, 0.5) is 46.0 Å². The molecule has 0 amide bonds. The van der Waals surface area contributed by atoms with Gasteiger partial charge in [0.25, 0.3) is 0 Å². The van der Waals surface area contributed by atoms with Gasteiger partial charge in [-0.1, -0.05) is 0 Å². The Hall–Kier alpha value is -4.28. The second kappa shape index (κ2) is 10.5. The number of anilines is 8. The average Bonchev–Trinajstić information content (AvgIpc) is 2.98. The first-order valence-corrected chi connectivity index (χ1v) is 13.3. The van der Waals surface area contributed by atoms with Crippen LogP contribution in [0.2, 0.25) is 0 Å². The quantitative estimate of drug-likeness (QED) is 0.328. The highest BCUT2D eigenvalue weighted by Gasteiger charge is 2.29. The molecule has 39 heavy (non-hydrogen) atoms. The fourth-order valence-electron chi connectivity index (χ4n) is 5.51. The van der Waals surface area contributed by atoms with Crippen LogP contribution in [0.5, 0.6) is 0 Å². The van der Waals surface area contributed by atoms with Crippen molar-refractivity contribution in [3.05, 3.63) is 72.3 Å². The van der Waals surface area contributed by atoms with E-state index in [1.54, 1.807) is 0 Å². The van der Waals surface area contributed by atoms with E-state index in [0.717, 1.165) is 78.6 Å². The van der Waals surface area contributed by atoms with Crippen LogP contribution in [0.3, 0.4) is 0 Å². The van der Waals surface area contributed by atoms with Gasteiger partial charge in [-0.25, -0.2) is 19.9 Å². The Morgan fingerprint density at radius 2 is 0.974 bits per heavy atom. The molecule has 4 aromatic heterocycles. The molecule has 0 spiro atoms. The molecule has 6 rings (SSSR count). The Morgan fingerprint density at radius 3 is 1.44 bits per heavy atom. The van der Waals surface area contributed by atoms with Gasteiger partial charge in [-0.2, -0.15) is 0 Å². The summed E-state index contributed by atoms with van der Waals surface area (Å²) in [5.41, 5.74) is 6.87. The summed E-state index contributed by atoms with van der Waals surface area (Å²) in [7, 11) is 8.23. The summed E-state index contributed by atoms with van der Waals surface area (Å²) in [6.45, 7) is 3.39. The Labute approximate surface area is 229 Å². The molecule has 10 nitrogen and oxygen atoms in total. The number of hydrogen-bond acceptors (Lipinski definition) is 10. The lowest BCUT2D eigenvalue weighted by atomic mass is 10.1. The number of fused-ring (bicyclic) bond motifs is 4. The third kappa shape index (κ3) is 4.41. The smallest absolute Gasteiger partial charge is 0.158 e. The lowest BCUT2D eigenvalue weighted by Crippen LogP contribution is -2.29. The Kier molecular flexibility index (Phi) is 6.72. The van der Waals surface area contributed by atoms with Crippen molar-refractivity contribution in [2.45, 2.75) is 19.5 Å². The molecule has 0 aromatic carbocycles. The van der Waals surface area contributed by atoms with Gasteiger partial charge in [0.15, 0.2) is 23.3 Å². The maximum Gasteiger partial charge on any atom is 0.158 e. The monoisotopic (exact) mass is 522 g/mol. The molecule has 200 valence electrons. The van der Waals surface area contributed by atoms with E-state index in [4.69, 9.17) is 0 Å². The molecule has 4 aromatic rings. The van der Waals surface area contributed by atoms with Gasteiger partial charge in [0.05, 0.1) is 22.7 Å². The predicted molar refractivity (Wildman–Crippen MR) is 157 cm³/mol. The molecular weight excluding hydrogens is 488 g/mol. The van der Waals surface area contributed by atoms with Gasteiger partial charge >= 0.3 is 0 Å². The molecule has 2 N–H and O–H groups in total. The minimum absolute atomic E-state index is 0.779. The number of rotatable bonds is 8. The van der Waals surface area contributed by atoms with Crippen molar-refractivity contribution in [1.29, 1.82) is 0 Å². The molecule has 2 aliphatic rings.